The van der Waals surface area contributed by atoms with Gasteiger partial charge in [0.2, 0.25) is 5.91 Å². The fraction of sp³-hybridized carbons (Fsp3) is 0.932. The fourth-order valence-corrected chi connectivity index (χ4v) is 6.81. The topological polar surface area (TPSA) is 178 Å². The number of aliphatic hydroxyl groups is 6. The van der Waals surface area contributed by atoms with Gasteiger partial charge in [0, 0.05) is 13.5 Å². The summed E-state index contributed by atoms with van der Waals surface area (Å²) in [6.07, 6.45) is 20.8. The van der Waals surface area contributed by atoms with Crippen molar-refractivity contribution in [2.45, 2.75) is 237 Å². The molecule has 0 saturated carbocycles. The Hall–Kier alpha value is -1.33. The number of carbonyl (C=O) groups excluding carboxylic acids is 1. The highest BCUT2D eigenvalue weighted by Crippen LogP contribution is 2.23. The van der Waals surface area contributed by atoms with Gasteiger partial charge in [0.05, 0.1) is 25.4 Å². The van der Waals surface area contributed by atoms with E-state index >= 15 is 0 Å². The highest BCUT2D eigenvalue weighted by atomic mass is 16.7. The molecule has 1 amide bonds. The predicted molar refractivity (Wildman–Crippen MR) is 220 cm³/mol. The lowest BCUT2D eigenvalue weighted by Gasteiger charge is -2.40. The van der Waals surface area contributed by atoms with Crippen LogP contribution >= 0.6 is 0 Å². The van der Waals surface area contributed by atoms with Gasteiger partial charge in [-0.25, -0.2) is 0 Å². The fourth-order valence-electron chi connectivity index (χ4n) is 6.81. The second-order valence-electron chi connectivity index (χ2n) is 15.4. The van der Waals surface area contributed by atoms with Crippen LogP contribution in [0.4, 0.5) is 0 Å². The van der Waals surface area contributed by atoms with Crippen LogP contribution in [0, 0.1) is 11.8 Å². The monoisotopic (exact) mass is 788 g/mol. The van der Waals surface area contributed by atoms with Crippen molar-refractivity contribution in [1.29, 1.82) is 0 Å². The van der Waals surface area contributed by atoms with Crippen molar-refractivity contribution in [1.82, 2.24) is 5.32 Å². The number of rotatable bonds is 34. The highest BCUT2D eigenvalue weighted by molar-refractivity contribution is 5.76. The van der Waals surface area contributed by atoms with Gasteiger partial charge in [-0.2, -0.15) is 0 Å². The van der Waals surface area contributed by atoms with Crippen LogP contribution in [0.1, 0.15) is 188 Å². The van der Waals surface area contributed by atoms with Crippen LogP contribution in [-0.2, 0) is 19.0 Å². The molecular formula is C44H85NO10. The van der Waals surface area contributed by atoms with E-state index in [1.807, 2.05) is 6.92 Å². The minimum atomic E-state index is -1.60. The largest absolute Gasteiger partial charge is 0.394 e. The van der Waals surface area contributed by atoms with Crippen molar-refractivity contribution < 1.29 is 49.6 Å². The lowest BCUT2D eigenvalue weighted by molar-refractivity contribution is -0.303. The van der Waals surface area contributed by atoms with Crippen LogP contribution in [0.25, 0.3) is 0 Å². The first-order valence-electron chi connectivity index (χ1n) is 22.1. The Bertz CT molecular complexity index is 913. The normalized spacial score (nSPS) is 21.2. The van der Waals surface area contributed by atoms with Crippen LogP contribution < -0.4 is 5.32 Å². The van der Waals surface area contributed by atoms with Crippen molar-refractivity contribution in [3.05, 3.63) is 0 Å². The number of carbonyl (C=O) groups is 1. The van der Waals surface area contributed by atoms with E-state index in [0.717, 1.165) is 38.5 Å². The van der Waals surface area contributed by atoms with Crippen LogP contribution in [0.15, 0.2) is 0 Å². The number of nitrogens with one attached hydrogen (secondary N) is 1. The molecule has 0 aliphatic carbocycles. The van der Waals surface area contributed by atoms with Gasteiger partial charge in [-0.15, -0.1) is 5.92 Å². The third-order valence-electron chi connectivity index (χ3n) is 10.4. The Morgan fingerprint density at radius 2 is 1.15 bits per heavy atom. The first-order valence-corrected chi connectivity index (χ1v) is 22.1. The Balaban J connectivity index is 0.00000447. The first-order chi connectivity index (χ1) is 26.7. The molecule has 0 bridgehead atoms. The molecule has 11 nitrogen and oxygen atoms in total. The van der Waals surface area contributed by atoms with Crippen molar-refractivity contribution in [3.8, 4) is 11.8 Å². The van der Waals surface area contributed by atoms with Gasteiger partial charge in [0.15, 0.2) is 6.29 Å². The third-order valence-corrected chi connectivity index (χ3v) is 10.4. The van der Waals surface area contributed by atoms with Crippen LogP contribution in [0.2, 0.25) is 0 Å². The van der Waals surface area contributed by atoms with Gasteiger partial charge in [-0.05, 0) is 19.8 Å². The van der Waals surface area contributed by atoms with Crippen LogP contribution in [0.3, 0.4) is 0 Å². The molecule has 5 unspecified atom stereocenters. The molecule has 1 heterocycles. The third kappa shape index (κ3) is 28.7. The molecule has 7 N–H and O–H groups in total. The number of hydrogen-bond donors (Lipinski definition) is 7. The van der Waals surface area contributed by atoms with Gasteiger partial charge in [-0.1, -0.05) is 167 Å². The molecule has 1 aliphatic rings. The standard InChI is InChI=1S/C39H77NO9.C5H8O/c1-3-5-7-8-9-10-11-12-13-14-15-16-17-18-19-20-21-22-23-24-26-28-34(43)40-31(35(44)32(42)27-25-6-4-2)30-48-39-38(47)37(46)36(45)33(29-41)49-39;1-3-4-5-6-2/h31-33,35-39,41-42,44-47H,3-30H2,1-2H3,(H,40,43);5H2,1-2H3/t31-,32+,33?,35-,36?,37?,38?,39?;/m0./s1. The molecule has 1 fully saturated rings. The molecule has 1 rings (SSSR count). The molecule has 1 aliphatic heterocycles. The number of ether oxygens (including phenoxy) is 3. The zero-order valence-electron chi connectivity index (χ0n) is 35.4. The second kappa shape index (κ2) is 38.2. The zero-order valence-corrected chi connectivity index (χ0v) is 35.4. The lowest BCUT2D eigenvalue weighted by Crippen LogP contribution is -2.60. The molecule has 11 heteroatoms. The summed E-state index contributed by atoms with van der Waals surface area (Å²) < 4.78 is 15.6. The number of unbranched alkanes of at least 4 members (excludes halogenated alkanes) is 22. The van der Waals surface area contributed by atoms with E-state index in [4.69, 9.17) is 9.47 Å². The Morgan fingerprint density at radius 3 is 1.56 bits per heavy atom. The average molecular weight is 788 g/mol. The molecule has 326 valence electrons. The van der Waals surface area contributed by atoms with Crippen molar-refractivity contribution in [2.75, 3.05) is 26.9 Å². The van der Waals surface area contributed by atoms with Gasteiger partial charge < -0.3 is 50.2 Å². The molecule has 0 aromatic heterocycles. The van der Waals surface area contributed by atoms with E-state index in [1.54, 1.807) is 14.0 Å². The summed E-state index contributed by atoms with van der Waals surface area (Å²) in [5.74, 6) is 5.16. The zero-order chi connectivity index (χ0) is 40.9. The van der Waals surface area contributed by atoms with Gasteiger partial charge in [0.25, 0.3) is 0 Å². The molecule has 0 radical (unpaired) electrons. The number of methoxy groups -OCH3 is 1. The maximum absolute atomic E-state index is 12.8. The number of amides is 1. The molecular weight excluding hydrogens is 702 g/mol. The minimum absolute atomic E-state index is 0.264. The number of aliphatic hydroxyl groups excluding tert-OH is 6. The summed E-state index contributed by atoms with van der Waals surface area (Å²) in [4.78, 5) is 12.8. The summed E-state index contributed by atoms with van der Waals surface area (Å²) >= 11 is 0. The van der Waals surface area contributed by atoms with Gasteiger partial charge in [-0.3, -0.25) is 4.79 Å². The van der Waals surface area contributed by atoms with Crippen molar-refractivity contribution in [3.63, 3.8) is 0 Å². The van der Waals surface area contributed by atoms with Gasteiger partial charge in [0.1, 0.15) is 37.1 Å². The van der Waals surface area contributed by atoms with Gasteiger partial charge >= 0.3 is 0 Å². The molecule has 0 aromatic carbocycles. The van der Waals surface area contributed by atoms with E-state index in [9.17, 15) is 35.4 Å². The minimum Gasteiger partial charge on any atom is -0.394 e. The van der Waals surface area contributed by atoms with E-state index in [2.05, 4.69) is 28.8 Å². The Morgan fingerprint density at radius 1 is 0.691 bits per heavy atom. The van der Waals surface area contributed by atoms with Crippen LogP contribution in [-0.4, -0.2) is 112 Å². The van der Waals surface area contributed by atoms with E-state index in [1.165, 1.54) is 116 Å². The maximum atomic E-state index is 12.8. The number of hydrogen-bond acceptors (Lipinski definition) is 10. The Kier molecular flexibility index (Phi) is 37.3. The highest BCUT2D eigenvalue weighted by Gasteiger charge is 2.44. The Labute approximate surface area is 335 Å². The molecule has 55 heavy (non-hydrogen) atoms. The summed E-state index contributed by atoms with van der Waals surface area (Å²) in [6.45, 7) is 5.76. The van der Waals surface area contributed by atoms with E-state index in [0.29, 0.717) is 13.0 Å². The molecule has 0 aromatic rings. The smallest absolute Gasteiger partial charge is 0.220 e. The summed E-state index contributed by atoms with van der Waals surface area (Å²) in [5.41, 5.74) is 0. The first kappa shape index (κ1) is 53.7. The van der Waals surface area contributed by atoms with Crippen LogP contribution in [0.5, 0.6) is 0 Å². The molecule has 8 atom stereocenters. The molecule has 1 saturated heterocycles. The summed E-state index contributed by atoms with van der Waals surface area (Å²) in [6, 6.07) is -0.980. The quantitative estimate of drug-likeness (QED) is 0.0270. The summed E-state index contributed by atoms with van der Waals surface area (Å²) in [7, 11) is 1.63. The predicted octanol–water partition coefficient (Wildman–Crippen LogP) is 6.85. The van der Waals surface area contributed by atoms with E-state index in [-0.39, 0.29) is 18.9 Å². The van der Waals surface area contributed by atoms with Crippen molar-refractivity contribution in [2.24, 2.45) is 0 Å². The SMILES string of the molecule is CC#CCOC.CCCCCCCCCCCCCCCCCCCCCCCC(=O)N[C@@H](COC1OC(CO)C(O)C(O)C1O)[C@H](O)[C@H](O)CCCCC. The molecule has 0 spiro atoms. The second-order valence-corrected chi connectivity index (χ2v) is 15.4. The summed E-state index contributed by atoms with van der Waals surface area (Å²) in [5, 5.41) is 64.1. The van der Waals surface area contributed by atoms with E-state index < -0.39 is 55.6 Å². The maximum Gasteiger partial charge on any atom is 0.220 e. The average Bonchev–Trinajstić information content (AvgIpc) is 3.18. The van der Waals surface area contributed by atoms with Crippen molar-refractivity contribution >= 4 is 5.91 Å². The lowest BCUT2D eigenvalue weighted by atomic mass is 9.99.